The average Bonchev–Trinajstić information content (AvgIpc) is 3.43. The van der Waals surface area contributed by atoms with Crippen molar-refractivity contribution in [3.05, 3.63) is 80.4 Å². The molecule has 0 aliphatic rings. The van der Waals surface area contributed by atoms with Gasteiger partial charge in [0.25, 0.3) is 5.56 Å². The van der Waals surface area contributed by atoms with Crippen molar-refractivity contribution in [3.63, 3.8) is 0 Å². The molecule has 0 N–H and O–H groups in total. The Morgan fingerprint density at radius 2 is 2.07 bits per heavy atom. The highest BCUT2D eigenvalue weighted by atomic mass is 32.1. The van der Waals surface area contributed by atoms with E-state index in [1.165, 1.54) is 29.3 Å². The van der Waals surface area contributed by atoms with E-state index < -0.39 is 11.0 Å². The van der Waals surface area contributed by atoms with Gasteiger partial charge in [-0.05, 0) is 35.7 Å². The Labute approximate surface area is 167 Å². The van der Waals surface area contributed by atoms with Gasteiger partial charge in [0.1, 0.15) is 17.1 Å². The minimum absolute atomic E-state index is 0.000141. The van der Waals surface area contributed by atoms with Gasteiger partial charge in [-0.2, -0.15) is 4.98 Å². The fourth-order valence-corrected chi connectivity index (χ4v) is 3.96. The molecule has 5 rings (SSSR count). The average molecular weight is 406 g/mol. The van der Waals surface area contributed by atoms with Gasteiger partial charge >= 0.3 is 0 Å². The molecular weight excluding hydrogens is 392 g/mol. The van der Waals surface area contributed by atoms with Crippen LogP contribution >= 0.6 is 11.3 Å². The van der Waals surface area contributed by atoms with Crippen molar-refractivity contribution in [2.24, 2.45) is 0 Å². The summed E-state index contributed by atoms with van der Waals surface area (Å²) < 4.78 is 17.9. The van der Waals surface area contributed by atoms with Crippen LogP contribution in [-0.2, 0) is 6.54 Å². The number of methoxy groups -OCH3 is 1. The smallest absolute Gasteiger partial charge is 0.269 e. The summed E-state index contributed by atoms with van der Waals surface area (Å²) in [5, 5.41) is 2.10. The normalized spacial score (nSPS) is 11.3. The molecule has 0 unspecified atom stereocenters. The SMILES string of the molecule is COc1ccc2c(=O)c3c(=O)n(Cc4ccco4)c(-c4cccs4)nc3oc2c1. The van der Waals surface area contributed by atoms with Crippen molar-refractivity contribution in [3.8, 4) is 16.5 Å². The number of ether oxygens (including phenoxy) is 1. The molecule has 0 radical (unpaired) electrons. The van der Waals surface area contributed by atoms with E-state index in [1.807, 2.05) is 17.5 Å². The van der Waals surface area contributed by atoms with E-state index in [-0.39, 0.29) is 17.6 Å². The van der Waals surface area contributed by atoms with E-state index in [2.05, 4.69) is 4.98 Å². The van der Waals surface area contributed by atoms with Crippen LogP contribution in [0.25, 0.3) is 32.8 Å². The highest BCUT2D eigenvalue weighted by Gasteiger charge is 2.20. The zero-order chi connectivity index (χ0) is 20.0. The van der Waals surface area contributed by atoms with Crippen LogP contribution in [0, 0.1) is 0 Å². The molecule has 0 saturated heterocycles. The second kappa shape index (κ2) is 6.75. The molecule has 0 fully saturated rings. The van der Waals surface area contributed by atoms with Crippen LogP contribution in [-0.4, -0.2) is 16.7 Å². The molecule has 144 valence electrons. The molecule has 0 bridgehead atoms. The third-order valence-corrected chi connectivity index (χ3v) is 5.50. The highest BCUT2D eigenvalue weighted by Crippen LogP contribution is 2.26. The van der Waals surface area contributed by atoms with Gasteiger partial charge in [0, 0.05) is 6.07 Å². The van der Waals surface area contributed by atoms with Crippen LogP contribution in [0.1, 0.15) is 5.76 Å². The van der Waals surface area contributed by atoms with Gasteiger partial charge < -0.3 is 13.6 Å². The van der Waals surface area contributed by atoms with E-state index in [1.54, 1.807) is 30.3 Å². The van der Waals surface area contributed by atoms with Crippen LogP contribution in [0.3, 0.4) is 0 Å². The molecule has 4 aromatic heterocycles. The van der Waals surface area contributed by atoms with Gasteiger partial charge in [-0.3, -0.25) is 14.2 Å². The molecule has 0 spiro atoms. The van der Waals surface area contributed by atoms with Crippen LogP contribution in [0.4, 0.5) is 0 Å². The fourth-order valence-electron chi connectivity index (χ4n) is 3.24. The molecule has 0 aliphatic carbocycles. The predicted octanol–water partition coefficient (Wildman–Crippen LogP) is 3.88. The Balaban J connectivity index is 1.87. The molecular formula is C21H14N2O5S. The molecule has 0 amide bonds. The molecule has 0 saturated carbocycles. The molecule has 8 heteroatoms. The molecule has 0 atom stereocenters. The fraction of sp³-hybridized carbons (Fsp3) is 0.0952. The van der Waals surface area contributed by atoms with Crippen molar-refractivity contribution in [2.75, 3.05) is 7.11 Å². The van der Waals surface area contributed by atoms with E-state index in [0.717, 1.165) is 4.88 Å². The number of fused-ring (bicyclic) bond motifs is 2. The summed E-state index contributed by atoms with van der Waals surface area (Å²) in [6.45, 7) is 0.155. The summed E-state index contributed by atoms with van der Waals surface area (Å²) >= 11 is 1.44. The second-order valence-corrected chi connectivity index (χ2v) is 7.30. The maximum Gasteiger partial charge on any atom is 0.269 e. The number of furan rings is 1. The Bertz CT molecular complexity index is 1450. The molecule has 1 aromatic carbocycles. The van der Waals surface area contributed by atoms with Crippen LogP contribution in [0.15, 0.2) is 72.5 Å². The first-order valence-corrected chi connectivity index (χ1v) is 9.65. The van der Waals surface area contributed by atoms with Gasteiger partial charge in [-0.15, -0.1) is 11.3 Å². The Kier molecular flexibility index (Phi) is 4.06. The lowest BCUT2D eigenvalue weighted by molar-refractivity contribution is 0.414. The lowest BCUT2D eigenvalue weighted by atomic mass is 10.2. The van der Waals surface area contributed by atoms with Gasteiger partial charge in [0.15, 0.2) is 11.2 Å². The molecule has 4 heterocycles. The first-order chi connectivity index (χ1) is 14.2. The van der Waals surface area contributed by atoms with E-state index >= 15 is 0 Å². The summed E-state index contributed by atoms with van der Waals surface area (Å²) in [7, 11) is 1.53. The number of rotatable bonds is 4. The van der Waals surface area contributed by atoms with Crippen molar-refractivity contribution in [2.45, 2.75) is 6.54 Å². The Morgan fingerprint density at radius 1 is 1.17 bits per heavy atom. The Morgan fingerprint density at radius 3 is 2.79 bits per heavy atom. The number of nitrogens with zero attached hydrogens (tertiary/aromatic N) is 2. The van der Waals surface area contributed by atoms with Crippen LogP contribution in [0.5, 0.6) is 5.75 Å². The standard InChI is InChI=1S/C21H14N2O5S/c1-26-12-6-7-14-15(10-12)28-20-17(18(14)24)21(25)23(11-13-4-2-8-27-13)19(22-20)16-5-3-9-29-16/h2-10H,11H2,1H3. The van der Waals surface area contributed by atoms with E-state index in [9.17, 15) is 9.59 Å². The van der Waals surface area contributed by atoms with E-state index in [0.29, 0.717) is 28.3 Å². The third-order valence-electron chi connectivity index (χ3n) is 4.64. The first kappa shape index (κ1) is 17.4. The maximum atomic E-state index is 13.4. The number of aromatic nitrogens is 2. The van der Waals surface area contributed by atoms with Crippen molar-refractivity contribution < 1.29 is 13.6 Å². The summed E-state index contributed by atoms with van der Waals surface area (Å²) in [6.07, 6.45) is 1.54. The largest absolute Gasteiger partial charge is 0.497 e. The Hall–Kier alpha value is -3.65. The van der Waals surface area contributed by atoms with Gasteiger partial charge in [0.2, 0.25) is 11.1 Å². The maximum absolute atomic E-state index is 13.4. The number of thiophene rings is 1. The van der Waals surface area contributed by atoms with Crippen molar-refractivity contribution in [1.29, 1.82) is 0 Å². The summed E-state index contributed by atoms with van der Waals surface area (Å²) in [5.41, 5.74) is -0.580. The van der Waals surface area contributed by atoms with E-state index in [4.69, 9.17) is 13.6 Å². The van der Waals surface area contributed by atoms with Crippen LogP contribution in [0.2, 0.25) is 0 Å². The number of hydrogen-bond donors (Lipinski definition) is 0. The molecule has 5 aromatic rings. The van der Waals surface area contributed by atoms with Crippen molar-refractivity contribution >= 4 is 33.4 Å². The third kappa shape index (κ3) is 2.85. The molecule has 7 nitrogen and oxygen atoms in total. The monoisotopic (exact) mass is 406 g/mol. The lowest BCUT2D eigenvalue weighted by Crippen LogP contribution is -2.27. The zero-order valence-electron chi connectivity index (χ0n) is 15.2. The predicted molar refractivity (Wildman–Crippen MR) is 110 cm³/mol. The zero-order valence-corrected chi connectivity index (χ0v) is 16.1. The molecule has 0 aliphatic heterocycles. The second-order valence-electron chi connectivity index (χ2n) is 6.36. The summed E-state index contributed by atoms with van der Waals surface area (Å²) in [6, 6.07) is 12.1. The number of hydrogen-bond acceptors (Lipinski definition) is 7. The highest BCUT2D eigenvalue weighted by molar-refractivity contribution is 7.13. The number of benzene rings is 1. The molecule has 29 heavy (non-hydrogen) atoms. The first-order valence-electron chi connectivity index (χ1n) is 8.77. The summed E-state index contributed by atoms with van der Waals surface area (Å²) in [5.74, 6) is 1.55. The lowest BCUT2D eigenvalue weighted by Gasteiger charge is -2.11. The quantitative estimate of drug-likeness (QED) is 0.421. The van der Waals surface area contributed by atoms with Gasteiger partial charge in [-0.1, -0.05) is 6.07 Å². The minimum Gasteiger partial charge on any atom is -0.497 e. The van der Waals surface area contributed by atoms with Crippen LogP contribution < -0.4 is 15.7 Å². The van der Waals surface area contributed by atoms with Gasteiger partial charge in [0.05, 0.1) is 30.2 Å². The topological polar surface area (TPSA) is 87.5 Å². The van der Waals surface area contributed by atoms with Gasteiger partial charge in [-0.25, -0.2) is 0 Å². The summed E-state index contributed by atoms with van der Waals surface area (Å²) in [4.78, 5) is 31.8. The minimum atomic E-state index is -0.471. The van der Waals surface area contributed by atoms with Crippen molar-refractivity contribution in [1.82, 2.24) is 9.55 Å².